The molecule has 276 valence electrons. The van der Waals surface area contributed by atoms with Crippen LogP contribution >= 0.6 is 11.3 Å². The second-order valence-electron chi connectivity index (χ2n) is 14.8. The van der Waals surface area contributed by atoms with E-state index in [0.717, 1.165) is 51.1 Å². The normalized spacial score (nSPS) is 14.0. The minimum Gasteiger partial charge on any atom is -0.454 e. The van der Waals surface area contributed by atoms with Gasteiger partial charge in [-0.15, -0.1) is 11.3 Å². The Kier molecular flexibility index (Phi) is 8.49. The van der Waals surface area contributed by atoms with Crippen molar-refractivity contribution in [3.05, 3.63) is 218 Å². The van der Waals surface area contributed by atoms with E-state index >= 15 is 0 Å². The standard InChI is InChI=1S/C54H38N2OS/c1-3-16-41(17-4-1)55(49-24-12-22-47-45-20-7-9-26-51(45)57-53(47)49)43-32-28-37(29-33-43)39-14-11-15-40(36-39)38-30-34-44(35-31-38)56(42-18-5-2-6-19-42)50-25-13-23-48-46-21-8-10-27-52(46)58-54(48)50/h1-32,34-36,43H,33H2. The maximum atomic E-state index is 6.53. The predicted octanol–water partition coefficient (Wildman–Crippen LogP) is 15.6. The highest BCUT2D eigenvalue weighted by molar-refractivity contribution is 7.26. The van der Waals surface area contributed by atoms with Gasteiger partial charge in [0.15, 0.2) is 5.58 Å². The van der Waals surface area contributed by atoms with Gasteiger partial charge in [0.1, 0.15) is 5.58 Å². The Morgan fingerprint density at radius 2 is 1.12 bits per heavy atom. The molecule has 8 aromatic carbocycles. The number of allylic oxidation sites excluding steroid dienone is 2. The lowest BCUT2D eigenvalue weighted by atomic mass is 9.93. The number of rotatable bonds is 8. The number of thiophene rings is 1. The van der Waals surface area contributed by atoms with Crippen LogP contribution in [0.5, 0.6) is 0 Å². The maximum absolute atomic E-state index is 6.53. The van der Waals surface area contributed by atoms with Crippen LogP contribution in [0.15, 0.2) is 217 Å². The van der Waals surface area contributed by atoms with Crippen molar-refractivity contribution in [3.63, 3.8) is 0 Å². The molecule has 0 bridgehead atoms. The first kappa shape index (κ1) is 34.1. The minimum atomic E-state index is 0.117. The number of para-hydroxylation sites is 4. The number of fused-ring (bicyclic) bond motifs is 6. The van der Waals surface area contributed by atoms with Crippen molar-refractivity contribution < 1.29 is 4.42 Å². The van der Waals surface area contributed by atoms with Crippen molar-refractivity contribution in [2.45, 2.75) is 12.5 Å². The monoisotopic (exact) mass is 762 g/mol. The molecule has 0 spiro atoms. The number of furan rings is 1. The molecule has 1 atom stereocenters. The lowest BCUT2D eigenvalue weighted by Crippen LogP contribution is -2.30. The molecule has 1 aliphatic carbocycles. The summed E-state index contributed by atoms with van der Waals surface area (Å²) in [6.45, 7) is 0. The predicted molar refractivity (Wildman–Crippen MR) is 247 cm³/mol. The molecule has 0 aliphatic heterocycles. The van der Waals surface area contributed by atoms with E-state index in [9.17, 15) is 0 Å². The summed E-state index contributed by atoms with van der Waals surface area (Å²) < 4.78 is 9.13. The Bertz CT molecular complexity index is 3160. The van der Waals surface area contributed by atoms with Gasteiger partial charge in [-0.3, -0.25) is 0 Å². The molecular weight excluding hydrogens is 725 g/mol. The zero-order chi connectivity index (χ0) is 38.4. The van der Waals surface area contributed by atoms with Gasteiger partial charge in [0, 0.05) is 43.3 Å². The first-order valence-electron chi connectivity index (χ1n) is 19.9. The molecule has 2 heterocycles. The Labute approximate surface area is 341 Å². The summed E-state index contributed by atoms with van der Waals surface area (Å²) >= 11 is 1.86. The highest BCUT2D eigenvalue weighted by Crippen LogP contribution is 2.45. The van der Waals surface area contributed by atoms with Crippen LogP contribution in [-0.4, -0.2) is 6.04 Å². The maximum Gasteiger partial charge on any atom is 0.159 e. The number of anilines is 5. The summed E-state index contributed by atoms with van der Waals surface area (Å²) in [4.78, 5) is 4.81. The zero-order valence-electron chi connectivity index (χ0n) is 31.7. The van der Waals surface area contributed by atoms with Crippen LogP contribution in [0.2, 0.25) is 0 Å². The van der Waals surface area contributed by atoms with Gasteiger partial charge < -0.3 is 14.2 Å². The smallest absolute Gasteiger partial charge is 0.159 e. The molecule has 1 aliphatic rings. The van der Waals surface area contributed by atoms with E-state index in [-0.39, 0.29) is 6.04 Å². The summed E-state index contributed by atoms with van der Waals surface area (Å²) in [5, 5.41) is 4.87. The average molecular weight is 763 g/mol. The molecule has 0 radical (unpaired) electrons. The minimum absolute atomic E-state index is 0.117. The summed E-state index contributed by atoms with van der Waals surface area (Å²) in [5.41, 5.74) is 12.3. The Morgan fingerprint density at radius 3 is 1.91 bits per heavy atom. The third-order valence-corrected chi connectivity index (χ3v) is 12.6. The summed E-state index contributed by atoms with van der Waals surface area (Å²) in [6.07, 6.45) is 7.88. The van der Waals surface area contributed by atoms with Gasteiger partial charge in [0.05, 0.1) is 22.1 Å². The number of hydrogen-bond acceptors (Lipinski definition) is 4. The van der Waals surface area contributed by atoms with Gasteiger partial charge in [0.2, 0.25) is 0 Å². The van der Waals surface area contributed by atoms with Crippen molar-refractivity contribution in [1.29, 1.82) is 0 Å². The van der Waals surface area contributed by atoms with E-state index in [4.69, 9.17) is 4.42 Å². The number of nitrogens with zero attached hydrogens (tertiary/aromatic N) is 2. The van der Waals surface area contributed by atoms with Crippen molar-refractivity contribution in [2.24, 2.45) is 0 Å². The van der Waals surface area contributed by atoms with E-state index < -0.39 is 0 Å². The molecule has 10 aromatic rings. The Balaban J connectivity index is 0.900. The fourth-order valence-corrected chi connectivity index (χ4v) is 9.83. The van der Waals surface area contributed by atoms with Crippen LogP contribution in [0.25, 0.3) is 58.8 Å². The molecule has 4 heteroatoms. The van der Waals surface area contributed by atoms with Crippen molar-refractivity contribution in [3.8, 4) is 11.1 Å². The van der Waals surface area contributed by atoms with Crippen LogP contribution in [0.3, 0.4) is 0 Å². The highest BCUT2D eigenvalue weighted by atomic mass is 32.1. The Hall–Kier alpha value is -7.14. The van der Waals surface area contributed by atoms with E-state index in [2.05, 4.69) is 216 Å². The highest BCUT2D eigenvalue weighted by Gasteiger charge is 2.25. The molecule has 0 fully saturated rings. The molecule has 0 saturated heterocycles. The molecule has 0 N–H and O–H groups in total. The summed E-state index contributed by atoms with van der Waals surface area (Å²) in [6, 6.07) is 69.6. The van der Waals surface area contributed by atoms with Crippen LogP contribution in [0.1, 0.15) is 12.0 Å². The first-order valence-corrected chi connectivity index (χ1v) is 20.7. The SMILES string of the molecule is C1=CC(N(c2ccccc2)c2cccc3c2oc2ccccc23)CC=C1c1cccc(-c2ccc(N(c3ccccc3)c3cccc4c3sc3ccccc34)cc2)c1. The molecule has 1 unspecified atom stereocenters. The topological polar surface area (TPSA) is 19.6 Å². The zero-order valence-corrected chi connectivity index (χ0v) is 32.5. The van der Waals surface area contributed by atoms with Gasteiger partial charge in [-0.05, 0) is 95.4 Å². The van der Waals surface area contributed by atoms with E-state index in [0.29, 0.717) is 0 Å². The molecule has 3 nitrogen and oxygen atoms in total. The summed E-state index contributed by atoms with van der Waals surface area (Å²) in [5.74, 6) is 0. The van der Waals surface area contributed by atoms with Crippen LogP contribution in [0, 0.1) is 0 Å². The van der Waals surface area contributed by atoms with E-state index in [1.165, 1.54) is 48.1 Å². The second kappa shape index (κ2) is 14.4. The molecule has 11 rings (SSSR count). The van der Waals surface area contributed by atoms with Crippen molar-refractivity contribution in [1.82, 2.24) is 0 Å². The quantitative estimate of drug-likeness (QED) is 0.154. The van der Waals surface area contributed by atoms with Crippen LogP contribution in [-0.2, 0) is 0 Å². The third-order valence-electron chi connectivity index (χ3n) is 11.4. The molecular formula is C54H38N2OS. The Morgan fingerprint density at radius 1 is 0.483 bits per heavy atom. The van der Waals surface area contributed by atoms with Gasteiger partial charge in [-0.2, -0.15) is 0 Å². The molecule has 0 amide bonds. The van der Waals surface area contributed by atoms with Gasteiger partial charge in [-0.1, -0.05) is 146 Å². The fourth-order valence-electron chi connectivity index (χ4n) is 8.63. The van der Waals surface area contributed by atoms with Gasteiger partial charge in [0.25, 0.3) is 0 Å². The lowest BCUT2D eigenvalue weighted by Gasteiger charge is -2.33. The van der Waals surface area contributed by atoms with Crippen LogP contribution < -0.4 is 9.80 Å². The largest absolute Gasteiger partial charge is 0.454 e. The summed E-state index contributed by atoms with van der Waals surface area (Å²) in [7, 11) is 0. The fraction of sp³-hybridized carbons (Fsp3) is 0.0370. The lowest BCUT2D eigenvalue weighted by molar-refractivity contribution is 0.664. The second-order valence-corrected chi connectivity index (χ2v) is 15.9. The van der Waals surface area contributed by atoms with Gasteiger partial charge >= 0.3 is 0 Å². The molecule has 58 heavy (non-hydrogen) atoms. The van der Waals surface area contributed by atoms with Crippen molar-refractivity contribution in [2.75, 3.05) is 9.80 Å². The van der Waals surface area contributed by atoms with Gasteiger partial charge in [-0.25, -0.2) is 0 Å². The first-order chi connectivity index (χ1) is 28.8. The van der Waals surface area contributed by atoms with Crippen molar-refractivity contribution >= 4 is 87.5 Å². The number of benzene rings is 8. The third kappa shape index (κ3) is 5.98. The van der Waals surface area contributed by atoms with Crippen LogP contribution in [0.4, 0.5) is 28.4 Å². The average Bonchev–Trinajstić information content (AvgIpc) is 3.88. The van der Waals surface area contributed by atoms with E-state index in [1.807, 2.05) is 17.4 Å². The van der Waals surface area contributed by atoms with E-state index in [1.54, 1.807) is 0 Å². The molecule has 0 saturated carbocycles. The molecule has 2 aromatic heterocycles. The number of hydrogen-bond donors (Lipinski definition) is 0.